The monoisotopic (exact) mass is 366 g/mol. The van der Waals surface area contributed by atoms with Crippen molar-refractivity contribution in [3.05, 3.63) is 58.4 Å². The second kappa shape index (κ2) is 7.56. The number of H-pyrrole nitrogens is 1. The van der Waals surface area contributed by atoms with Gasteiger partial charge in [-0.2, -0.15) is 0 Å². The summed E-state index contributed by atoms with van der Waals surface area (Å²) in [6, 6.07) is 7.72. The molecule has 0 spiro atoms. The number of pyridine rings is 1. The van der Waals surface area contributed by atoms with Gasteiger partial charge in [0.2, 0.25) is 0 Å². The normalized spacial score (nSPS) is 16.1. The zero-order valence-corrected chi connectivity index (χ0v) is 15.9. The van der Waals surface area contributed by atoms with Gasteiger partial charge in [-0.25, -0.2) is 4.98 Å². The summed E-state index contributed by atoms with van der Waals surface area (Å²) in [5.41, 5.74) is 1.67. The molecule has 1 aromatic carbocycles. The number of nitrogens with zero attached hydrogens (tertiary/aromatic N) is 3. The molecule has 0 bridgehead atoms. The Morgan fingerprint density at radius 3 is 2.78 bits per heavy atom. The molecule has 1 aliphatic rings. The fraction of sp³-hybridized carbons (Fsp3) is 0.429. The van der Waals surface area contributed by atoms with Crippen LogP contribution in [0.15, 0.2) is 41.5 Å². The number of nitrogens with one attached hydrogen (secondary N) is 1. The van der Waals surface area contributed by atoms with Crippen LogP contribution in [0, 0.1) is 12.8 Å². The molecule has 1 aliphatic heterocycles. The number of methoxy groups -OCH3 is 1. The standard InChI is InChI=1S/C21H26N4O2/c1-15-22-7-10-25(15)13-16-5-8-24(9-6-16)14-18-11-17-12-19(27-2)3-4-20(17)23-21(18)26/h3-4,7,10-12,16H,5-6,8-9,13-14H2,1-2H3,(H,23,26). The minimum Gasteiger partial charge on any atom is -0.497 e. The van der Waals surface area contributed by atoms with Gasteiger partial charge < -0.3 is 14.3 Å². The molecule has 3 aromatic rings. The second-order valence-corrected chi connectivity index (χ2v) is 7.42. The highest BCUT2D eigenvalue weighted by atomic mass is 16.5. The van der Waals surface area contributed by atoms with Gasteiger partial charge >= 0.3 is 0 Å². The molecule has 6 nitrogen and oxygen atoms in total. The predicted molar refractivity (Wildman–Crippen MR) is 106 cm³/mol. The maximum Gasteiger partial charge on any atom is 0.252 e. The number of aromatic nitrogens is 3. The summed E-state index contributed by atoms with van der Waals surface area (Å²) in [7, 11) is 1.66. The smallest absolute Gasteiger partial charge is 0.252 e. The van der Waals surface area contributed by atoms with Gasteiger partial charge in [-0.3, -0.25) is 9.69 Å². The average Bonchev–Trinajstić information content (AvgIpc) is 3.08. The third-order valence-electron chi connectivity index (χ3n) is 5.61. The Hall–Kier alpha value is -2.60. The lowest BCUT2D eigenvalue weighted by molar-refractivity contribution is 0.166. The van der Waals surface area contributed by atoms with Crippen LogP contribution < -0.4 is 10.3 Å². The summed E-state index contributed by atoms with van der Waals surface area (Å²) in [6.07, 6.45) is 6.23. The van der Waals surface area contributed by atoms with E-state index in [4.69, 9.17) is 4.74 Å². The number of piperidine rings is 1. The first kappa shape index (κ1) is 17.8. The molecule has 0 radical (unpaired) electrons. The number of fused-ring (bicyclic) bond motifs is 1. The molecule has 3 heterocycles. The third-order valence-corrected chi connectivity index (χ3v) is 5.61. The fourth-order valence-electron chi connectivity index (χ4n) is 3.92. The molecule has 0 aliphatic carbocycles. The first-order chi connectivity index (χ1) is 13.1. The molecular weight excluding hydrogens is 340 g/mol. The van der Waals surface area contributed by atoms with Crippen molar-refractivity contribution in [2.24, 2.45) is 5.92 Å². The van der Waals surface area contributed by atoms with E-state index in [2.05, 4.69) is 32.6 Å². The maximum absolute atomic E-state index is 12.5. The average molecular weight is 366 g/mol. The Morgan fingerprint density at radius 1 is 1.26 bits per heavy atom. The van der Waals surface area contributed by atoms with Crippen molar-refractivity contribution in [3.8, 4) is 5.75 Å². The molecule has 0 amide bonds. The van der Waals surface area contributed by atoms with E-state index in [0.717, 1.165) is 60.5 Å². The van der Waals surface area contributed by atoms with Crippen molar-refractivity contribution in [3.63, 3.8) is 0 Å². The van der Waals surface area contributed by atoms with E-state index in [9.17, 15) is 4.79 Å². The number of likely N-dealkylation sites (tertiary alicyclic amines) is 1. The minimum atomic E-state index is 0.00355. The Morgan fingerprint density at radius 2 is 2.07 bits per heavy atom. The van der Waals surface area contributed by atoms with Crippen molar-refractivity contribution in [2.75, 3.05) is 20.2 Å². The SMILES string of the molecule is COc1ccc2[nH]c(=O)c(CN3CCC(Cn4ccnc4C)CC3)cc2c1. The van der Waals surface area contributed by atoms with E-state index in [1.165, 1.54) is 0 Å². The van der Waals surface area contributed by atoms with Crippen molar-refractivity contribution < 1.29 is 4.74 Å². The molecule has 1 N–H and O–H groups in total. The highest BCUT2D eigenvalue weighted by Crippen LogP contribution is 2.22. The van der Waals surface area contributed by atoms with Crippen LogP contribution >= 0.6 is 0 Å². The molecule has 4 rings (SSSR count). The van der Waals surface area contributed by atoms with Crippen LogP contribution in [0.1, 0.15) is 24.2 Å². The molecule has 1 fully saturated rings. The van der Waals surface area contributed by atoms with Crippen molar-refractivity contribution >= 4 is 10.9 Å². The number of benzene rings is 1. The molecule has 0 saturated carbocycles. The molecule has 27 heavy (non-hydrogen) atoms. The van der Waals surface area contributed by atoms with Gasteiger partial charge in [0, 0.05) is 41.9 Å². The Balaban J connectivity index is 1.42. The summed E-state index contributed by atoms with van der Waals surface area (Å²) < 4.78 is 7.53. The zero-order valence-electron chi connectivity index (χ0n) is 15.9. The number of aryl methyl sites for hydroxylation is 1. The highest BCUT2D eigenvalue weighted by molar-refractivity contribution is 5.80. The fourth-order valence-corrected chi connectivity index (χ4v) is 3.92. The lowest BCUT2D eigenvalue weighted by Gasteiger charge is -2.32. The number of ether oxygens (including phenoxy) is 1. The zero-order chi connectivity index (χ0) is 18.8. The summed E-state index contributed by atoms with van der Waals surface area (Å²) in [5.74, 6) is 2.56. The van der Waals surface area contributed by atoms with Gasteiger partial charge in [0.25, 0.3) is 5.56 Å². The van der Waals surface area contributed by atoms with Crippen LogP contribution in [0.25, 0.3) is 10.9 Å². The van der Waals surface area contributed by atoms with Crippen LogP contribution in [0.5, 0.6) is 5.75 Å². The number of aromatic amines is 1. The Kier molecular flexibility index (Phi) is 4.99. The summed E-state index contributed by atoms with van der Waals surface area (Å²) in [5, 5.41) is 1.01. The van der Waals surface area contributed by atoms with Gasteiger partial charge in [-0.1, -0.05) is 0 Å². The first-order valence-electron chi connectivity index (χ1n) is 9.52. The number of hydrogen-bond donors (Lipinski definition) is 1. The summed E-state index contributed by atoms with van der Waals surface area (Å²) in [6.45, 7) is 5.83. The van der Waals surface area contributed by atoms with Gasteiger partial charge in [0.15, 0.2) is 0 Å². The third kappa shape index (κ3) is 3.90. The van der Waals surface area contributed by atoms with E-state index in [1.807, 2.05) is 30.5 Å². The van der Waals surface area contributed by atoms with Crippen LogP contribution in [-0.4, -0.2) is 39.6 Å². The number of rotatable bonds is 5. The topological polar surface area (TPSA) is 63.2 Å². The van der Waals surface area contributed by atoms with E-state index in [1.54, 1.807) is 7.11 Å². The van der Waals surface area contributed by atoms with Gasteiger partial charge in [0.1, 0.15) is 11.6 Å². The van der Waals surface area contributed by atoms with Gasteiger partial charge in [0.05, 0.1) is 7.11 Å². The molecule has 0 unspecified atom stereocenters. The van der Waals surface area contributed by atoms with Crippen molar-refractivity contribution in [2.45, 2.75) is 32.9 Å². The summed E-state index contributed by atoms with van der Waals surface area (Å²) >= 11 is 0. The van der Waals surface area contributed by atoms with E-state index in [-0.39, 0.29) is 5.56 Å². The highest BCUT2D eigenvalue weighted by Gasteiger charge is 2.21. The summed E-state index contributed by atoms with van der Waals surface area (Å²) in [4.78, 5) is 22.1. The second-order valence-electron chi connectivity index (χ2n) is 7.42. The van der Waals surface area contributed by atoms with Crippen molar-refractivity contribution in [1.29, 1.82) is 0 Å². The predicted octanol–water partition coefficient (Wildman–Crippen LogP) is 2.95. The number of imidazole rings is 1. The van der Waals surface area contributed by atoms with Crippen LogP contribution in [0.3, 0.4) is 0 Å². The van der Waals surface area contributed by atoms with Gasteiger partial charge in [-0.15, -0.1) is 0 Å². The molecule has 0 atom stereocenters. The van der Waals surface area contributed by atoms with Crippen LogP contribution in [-0.2, 0) is 13.1 Å². The molecule has 6 heteroatoms. The lowest BCUT2D eigenvalue weighted by atomic mass is 9.96. The largest absolute Gasteiger partial charge is 0.497 e. The quantitative estimate of drug-likeness (QED) is 0.754. The molecule has 2 aromatic heterocycles. The first-order valence-corrected chi connectivity index (χ1v) is 9.52. The number of hydrogen-bond acceptors (Lipinski definition) is 4. The lowest BCUT2D eigenvalue weighted by Crippen LogP contribution is -2.36. The Labute approximate surface area is 158 Å². The van der Waals surface area contributed by atoms with E-state index >= 15 is 0 Å². The van der Waals surface area contributed by atoms with Crippen LogP contribution in [0.2, 0.25) is 0 Å². The van der Waals surface area contributed by atoms with E-state index < -0.39 is 0 Å². The molecular formula is C21H26N4O2. The minimum absolute atomic E-state index is 0.00355. The maximum atomic E-state index is 12.5. The van der Waals surface area contributed by atoms with E-state index in [0.29, 0.717) is 12.5 Å². The molecule has 1 saturated heterocycles. The molecule has 142 valence electrons. The van der Waals surface area contributed by atoms with Gasteiger partial charge in [-0.05, 0) is 63.0 Å². The Bertz CT molecular complexity index is 983. The van der Waals surface area contributed by atoms with Crippen molar-refractivity contribution in [1.82, 2.24) is 19.4 Å². The van der Waals surface area contributed by atoms with Crippen LogP contribution in [0.4, 0.5) is 0 Å².